The predicted octanol–water partition coefficient (Wildman–Crippen LogP) is 6.18. The van der Waals surface area contributed by atoms with Gasteiger partial charge in [-0.25, -0.2) is 4.79 Å². The first-order valence-electron chi connectivity index (χ1n) is 13.6. The molecule has 8 heteroatoms. The Morgan fingerprint density at radius 2 is 1.76 bits per heavy atom. The van der Waals surface area contributed by atoms with Crippen LogP contribution in [-0.4, -0.2) is 40.9 Å². The van der Waals surface area contributed by atoms with E-state index >= 15 is 0 Å². The number of carboxylic acid groups (broad SMARTS) is 1. The average Bonchev–Trinajstić information content (AvgIpc) is 2.99. The smallest absolute Gasteiger partial charge is 0.341 e. The van der Waals surface area contributed by atoms with Crippen molar-refractivity contribution in [3.8, 4) is 22.8 Å². The van der Waals surface area contributed by atoms with Gasteiger partial charge in [0, 0.05) is 30.3 Å². The van der Waals surface area contributed by atoms with Crippen LogP contribution in [0.5, 0.6) is 11.5 Å². The van der Waals surface area contributed by atoms with Gasteiger partial charge in [-0.15, -0.1) is 0 Å². The Balaban J connectivity index is 1.63. The normalized spacial score (nSPS) is 14.7. The van der Waals surface area contributed by atoms with Crippen molar-refractivity contribution in [3.05, 3.63) is 45.7 Å². The third-order valence-electron chi connectivity index (χ3n) is 6.79. The Bertz CT molecular complexity index is 1190. The zero-order chi connectivity index (χ0) is 27.9. The molecule has 0 saturated heterocycles. The van der Waals surface area contributed by atoms with E-state index in [-0.39, 0.29) is 17.6 Å². The Kier molecular flexibility index (Phi) is 10.00. The lowest BCUT2D eigenvalue weighted by molar-refractivity contribution is -0.154. The SMILES string of the molecule is CCC1CCc2cc(OCCCCCCCC(=O)OC(C)(C)C)c(OC)cc2-c2cc(=O)c(C(=O)O)cn21. The zero-order valence-electron chi connectivity index (χ0n) is 23.3. The molecule has 38 heavy (non-hydrogen) atoms. The highest BCUT2D eigenvalue weighted by Crippen LogP contribution is 2.40. The predicted molar refractivity (Wildman–Crippen MR) is 146 cm³/mol. The molecule has 1 aliphatic heterocycles. The molecule has 8 nitrogen and oxygen atoms in total. The highest BCUT2D eigenvalue weighted by molar-refractivity contribution is 5.87. The van der Waals surface area contributed by atoms with E-state index in [1.54, 1.807) is 7.11 Å². The molecule has 2 aromatic rings. The summed E-state index contributed by atoms with van der Waals surface area (Å²) in [5.41, 5.74) is 1.47. The van der Waals surface area contributed by atoms with Crippen LogP contribution < -0.4 is 14.9 Å². The van der Waals surface area contributed by atoms with E-state index < -0.39 is 17.0 Å². The summed E-state index contributed by atoms with van der Waals surface area (Å²) < 4.78 is 19.0. The lowest BCUT2D eigenvalue weighted by atomic mass is 9.99. The first kappa shape index (κ1) is 29.3. The molecule has 0 amide bonds. The number of esters is 1. The molecule has 0 aliphatic carbocycles. The molecule has 1 N–H and O–H groups in total. The number of aromatic carboxylic acids is 1. The van der Waals surface area contributed by atoms with Crippen LogP contribution in [0.15, 0.2) is 29.2 Å². The van der Waals surface area contributed by atoms with E-state index in [0.29, 0.717) is 30.2 Å². The molecule has 0 spiro atoms. The minimum atomic E-state index is -1.21. The monoisotopic (exact) mass is 527 g/mol. The highest BCUT2D eigenvalue weighted by atomic mass is 16.6. The van der Waals surface area contributed by atoms with Crippen LogP contribution in [0.4, 0.5) is 0 Å². The number of aryl methyl sites for hydroxylation is 1. The Labute approximate surface area is 224 Å². The first-order chi connectivity index (χ1) is 18.0. The van der Waals surface area contributed by atoms with Crippen molar-refractivity contribution < 1.29 is 28.9 Å². The third kappa shape index (κ3) is 7.62. The van der Waals surface area contributed by atoms with Crippen molar-refractivity contribution in [1.29, 1.82) is 0 Å². The van der Waals surface area contributed by atoms with Gasteiger partial charge in [0.2, 0.25) is 0 Å². The molecule has 0 radical (unpaired) electrons. The Morgan fingerprint density at radius 1 is 1.05 bits per heavy atom. The molecule has 2 heterocycles. The molecule has 208 valence electrons. The Hall–Kier alpha value is -3.29. The molecule has 0 fully saturated rings. The van der Waals surface area contributed by atoms with Gasteiger partial charge in [-0.05, 0) is 70.6 Å². The van der Waals surface area contributed by atoms with Crippen molar-refractivity contribution in [2.24, 2.45) is 0 Å². The first-order valence-corrected chi connectivity index (χ1v) is 13.6. The average molecular weight is 528 g/mol. The number of rotatable bonds is 12. The quantitative estimate of drug-likeness (QED) is 0.260. The van der Waals surface area contributed by atoms with Crippen LogP contribution in [0.3, 0.4) is 0 Å². The van der Waals surface area contributed by atoms with Crippen LogP contribution in [0.25, 0.3) is 11.3 Å². The minimum absolute atomic E-state index is 0.0850. The summed E-state index contributed by atoms with van der Waals surface area (Å²) >= 11 is 0. The minimum Gasteiger partial charge on any atom is -0.493 e. The maximum absolute atomic E-state index is 12.6. The number of hydrogen-bond donors (Lipinski definition) is 1. The number of nitrogens with zero attached hydrogens (tertiary/aromatic N) is 1. The number of carbonyl (C=O) groups is 2. The van der Waals surface area contributed by atoms with Crippen molar-refractivity contribution in [3.63, 3.8) is 0 Å². The lowest BCUT2D eigenvalue weighted by Gasteiger charge is -2.21. The van der Waals surface area contributed by atoms with Gasteiger partial charge in [0.25, 0.3) is 0 Å². The molecular weight excluding hydrogens is 486 g/mol. The second-order valence-corrected chi connectivity index (χ2v) is 10.9. The molecule has 1 aromatic heterocycles. The number of ether oxygens (including phenoxy) is 3. The van der Waals surface area contributed by atoms with E-state index in [9.17, 15) is 19.5 Å². The van der Waals surface area contributed by atoms with Crippen molar-refractivity contribution >= 4 is 11.9 Å². The fraction of sp³-hybridized carbons (Fsp3) is 0.567. The van der Waals surface area contributed by atoms with Crippen LogP contribution in [-0.2, 0) is 16.0 Å². The molecule has 3 rings (SSSR count). The van der Waals surface area contributed by atoms with E-state index in [2.05, 4.69) is 6.92 Å². The molecule has 1 unspecified atom stereocenters. The second kappa shape index (κ2) is 13.0. The Morgan fingerprint density at radius 3 is 2.42 bits per heavy atom. The van der Waals surface area contributed by atoms with Crippen LogP contribution >= 0.6 is 0 Å². The number of unbranched alkanes of at least 4 members (excludes halogenated alkanes) is 4. The van der Waals surface area contributed by atoms with Gasteiger partial charge in [-0.3, -0.25) is 9.59 Å². The maximum Gasteiger partial charge on any atom is 0.341 e. The molecule has 1 aromatic carbocycles. The van der Waals surface area contributed by atoms with Gasteiger partial charge in [0.05, 0.1) is 19.4 Å². The third-order valence-corrected chi connectivity index (χ3v) is 6.79. The van der Waals surface area contributed by atoms with Crippen LogP contribution in [0.1, 0.15) is 101 Å². The van der Waals surface area contributed by atoms with Gasteiger partial charge in [0.15, 0.2) is 16.9 Å². The van der Waals surface area contributed by atoms with E-state index in [1.807, 2.05) is 37.5 Å². The molecule has 0 bridgehead atoms. The maximum atomic E-state index is 12.6. The van der Waals surface area contributed by atoms with E-state index in [4.69, 9.17) is 14.2 Å². The standard InChI is InChI=1S/C30H41NO7/c1-6-21-14-13-20-16-27(37-15-11-9-7-8-10-12-28(33)38-30(2,3)4)26(36-5)17-22(20)24-18-25(32)23(29(34)35)19-31(21)24/h16-19,21H,6-15H2,1-5H3,(H,34,35). The number of hydrogen-bond acceptors (Lipinski definition) is 6. The second-order valence-electron chi connectivity index (χ2n) is 10.9. The number of fused-ring (bicyclic) bond motifs is 3. The van der Waals surface area contributed by atoms with Gasteiger partial charge < -0.3 is 23.9 Å². The largest absolute Gasteiger partial charge is 0.493 e. The summed E-state index contributed by atoms with van der Waals surface area (Å²) in [4.78, 5) is 35.9. The molecule has 0 saturated carbocycles. The summed E-state index contributed by atoms with van der Waals surface area (Å²) in [6.07, 6.45) is 9.07. The summed E-state index contributed by atoms with van der Waals surface area (Å²) in [6, 6.07) is 5.40. The molecular formula is C30H41NO7. The molecule has 1 atom stereocenters. The topological polar surface area (TPSA) is 104 Å². The van der Waals surface area contributed by atoms with E-state index in [1.165, 1.54) is 12.3 Å². The van der Waals surface area contributed by atoms with Gasteiger partial charge in [-0.1, -0.05) is 26.2 Å². The summed E-state index contributed by atoms with van der Waals surface area (Å²) in [5, 5.41) is 9.46. The highest BCUT2D eigenvalue weighted by Gasteiger charge is 2.25. The van der Waals surface area contributed by atoms with Gasteiger partial charge in [0.1, 0.15) is 11.2 Å². The van der Waals surface area contributed by atoms with Crippen molar-refractivity contribution in [2.75, 3.05) is 13.7 Å². The fourth-order valence-corrected chi connectivity index (χ4v) is 4.89. The summed E-state index contributed by atoms with van der Waals surface area (Å²) in [5.74, 6) is -0.107. The number of carbonyl (C=O) groups excluding carboxylic acids is 1. The van der Waals surface area contributed by atoms with Crippen molar-refractivity contribution in [2.45, 2.75) is 97.1 Å². The van der Waals surface area contributed by atoms with Crippen LogP contribution in [0, 0.1) is 0 Å². The summed E-state index contributed by atoms with van der Waals surface area (Å²) in [6.45, 7) is 8.25. The van der Waals surface area contributed by atoms with Crippen molar-refractivity contribution in [1.82, 2.24) is 4.57 Å². The fourth-order valence-electron chi connectivity index (χ4n) is 4.89. The van der Waals surface area contributed by atoms with Gasteiger partial charge >= 0.3 is 11.9 Å². The summed E-state index contributed by atoms with van der Waals surface area (Å²) in [7, 11) is 1.59. The van der Waals surface area contributed by atoms with Crippen LogP contribution in [0.2, 0.25) is 0 Å². The molecule has 1 aliphatic rings. The number of carboxylic acids is 1. The number of methoxy groups -OCH3 is 1. The van der Waals surface area contributed by atoms with E-state index in [0.717, 1.165) is 62.5 Å². The van der Waals surface area contributed by atoms with Gasteiger partial charge in [-0.2, -0.15) is 0 Å². The number of benzene rings is 1. The zero-order valence-corrected chi connectivity index (χ0v) is 23.3. The number of aromatic nitrogens is 1. The number of pyridine rings is 1. The lowest BCUT2D eigenvalue weighted by Crippen LogP contribution is -2.23.